The van der Waals surface area contributed by atoms with Crippen LogP contribution in [-0.4, -0.2) is 19.2 Å². The van der Waals surface area contributed by atoms with Crippen molar-refractivity contribution in [3.05, 3.63) is 46.6 Å². The molecule has 0 bridgehead atoms. The quantitative estimate of drug-likeness (QED) is 0.298. The highest BCUT2D eigenvalue weighted by atomic mass is 16.5. The predicted molar refractivity (Wildman–Crippen MR) is 134 cm³/mol. The Morgan fingerprint density at radius 1 is 0.774 bits per heavy atom. The molecule has 0 saturated heterocycles. The summed E-state index contributed by atoms with van der Waals surface area (Å²) in [6.45, 7) is 12.0. The molecule has 1 N–H and O–H groups in total. The predicted octanol–water partition coefficient (Wildman–Crippen LogP) is 8.44. The summed E-state index contributed by atoms with van der Waals surface area (Å²) >= 11 is 0. The fraction of sp³-hybridized carbons (Fsp3) is 0.679. The number of hydrogen-bond acceptors (Lipinski definition) is 2. The van der Waals surface area contributed by atoms with Crippen LogP contribution >= 0.6 is 0 Å². The van der Waals surface area contributed by atoms with Gasteiger partial charge >= 0.3 is 6.09 Å². The van der Waals surface area contributed by atoms with E-state index in [1.54, 1.807) is 0 Å². The molecular weight excluding hydrogens is 382 g/mol. The van der Waals surface area contributed by atoms with Crippen molar-refractivity contribution in [2.45, 2.75) is 105 Å². The molecule has 1 fully saturated rings. The summed E-state index contributed by atoms with van der Waals surface area (Å²) in [5.41, 5.74) is 5.63. The Hall–Kier alpha value is -1.77. The van der Waals surface area contributed by atoms with Crippen molar-refractivity contribution in [2.75, 3.05) is 13.2 Å². The molecule has 1 saturated carbocycles. The van der Waals surface area contributed by atoms with Crippen LogP contribution in [0.5, 0.6) is 0 Å². The molecule has 0 aromatic carbocycles. The maximum Gasteiger partial charge on any atom is 0.407 e. The van der Waals surface area contributed by atoms with Crippen molar-refractivity contribution in [1.82, 2.24) is 5.32 Å². The molecule has 3 heteroatoms. The van der Waals surface area contributed by atoms with E-state index < -0.39 is 0 Å². The molecule has 0 aromatic heterocycles. The minimum atomic E-state index is -0.283. The molecule has 31 heavy (non-hydrogen) atoms. The van der Waals surface area contributed by atoms with Crippen molar-refractivity contribution < 1.29 is 9.53 Å². The lowest BCUT2D eigenvalue weighted by atomic mass is 9.89. The third kappa shape index (κ3) is 15.6. The van der Waals surface area contributed by atoms with E-state index in [1.807, 2.05) is 6.08 Å². The Morgan fingerprint density at radius 3 is 1.84 bits per heavy atom. The number of amides is 1. The van der Waals surface area contributed by atoms with Gasteiger partial charge in [0.05, 0.1) is 0 Å². The number of carbonyl (C=O) groups excluding carboxylic acids is 1. The SMILES string of the molecule is CC(C)=CCC/C(C)=C/CC/C(C)=C/CC/C(C)=C/COC(=O)NCC1CCCCC1. The van der Waals surface area contributed by atoms with Crippen molar-refractivity contribution in [3.8, 4) is 0 Å². The van der Waals surface area contributed by atoms with E-state index in [-0.39, 0.29) is 6.09 Å². The summed E-state index contributed by atoms with van der Waals surface area (Å²) in [7, 11) is 0. The summed E-state index contributed by atoms with van der Waals surface area (Å²) in [4.78, 5) is 11.8. The minimum Gasteiger partial charge on any atom is -0.445 e. The van der Waals surface area contributed by atoms with Crippen LogP contribution < -0.4 is 5.32 Å². The molecule has 0 aliphatic heterocycles. The van der Waals surface area contributed by atoms with Crippen LogP contribution in [-0.2, 0) is 4.74 Å². The van der Waals surface area contributed by atoms with Crippen LogP contribution in [0.1, 0.15) is 105 Å². The molecule has 1 amide bonds. The molecule has 0 spiro atoms. The van der Waals surface area contributed by atoms with Gasteiger partial charge in [-0.25, -0.2) is 4.79 Å². The number of allylic oxidation sites excluding steroid dienone is 7. The van der Waals surface area contributed by atoms with Gasteiger partial charge in [-0.05, 0) is 98.0 Å². The zero-order chi connectivity index (χ0) is 22.9. The number of rotatable bonds is 13. The topological polar surface area (TPSA) is 38.3 Å². The van der Waals surface area contributed by atoms with Gasteiger partial charge in [-0.3, -0.25) is 0 Å². The van der Waals surface area contributed by atoms with Gasteiger partial charge in [-0.15, -0.1) is 0 Å². The molecule has 0 aromatic rings. The first-order chi connectivity index (χ1) is 14.9. The maximum atomic E-state index is 11.8. The standard InChI is InChI=1S/C28H47NO2/c1-23(2)12-9-13-24(3)14-10-15-25(4)16-11-17-26(5)20-21-31-28(30)29-22-27-18-7-6-8-19-27/h12,14,16,20,27H,6-11,13,15,17-19,21-22H2,1-5H3,(H,29,30)/b24-14+,25-16+,26-20+. The molecular formula is C28H47NO2. The summed E-state index contributed by atoms with van der Waals surface area (Å²) < 4.78 is 5.30. The Kier molecular flexibility index (Phi) is 14.8. The van der Waals surface area contributed by atoms with E-state index in [2.05, 4.69) is 58.2 Å². The van der Waals surface area contributed by atoms with Crippen molar-refractivity contribution >= 4 is 6.09 Å². The van der Waals surface area contributed by atoms with E-state index in [1.165, 1.54) is 60.8 Å². The monoisotopic (exact) mass is 429 g/mol. The number of carbonyl (C=O) groups is 1. The van der Waals surface area contributed by atoms with Gasteiger partial charge in [-0.2, -0.15) is 0 Å². The molecule has 0 atom stereocenters. The fourth-order valence-corrected chi connectivity index (χ4v) is 3.92. The first-order valence-electron chi connectivity index (χ1n) is 12.4. The molecule has 1 aliphatic rings. The van der Waals surface area contributed by atoms with Crippen LogP contribution in [0.3, 0.4) is 0 Å². The average molecular weight is 430 g/mol. The van der Waals surface area contributed by atoms with Crippen LogP contribution in [0.25, 0.3) is 0 Å². The second kappa shape index (κ2) is 16.9. The molecule has 176 valence electrons. The van der Waals surface area contributed by atoms with E-state index in [9.17, 15) is 4.79 Å². The summed E-state index contributed by atoms with van der Waals surface area (Å²) in [6, 6.07) is 0. The third-order valence-corrected chi connectivity index (χ3v) is 6.06. The number of nitrogens with one attached hydrogen (secondary N) is 1. The van der Waals surface area contributed by atoms with Gasteiger partial charge in [0.25, 0.3) is 0 Å². The number of alkyl carbamates (subject to hydrolysis) is 1. The molecule has 1 rings (SSSR count). The normalized spacial score (nSPS) is 16.2. The first kappa shape index (κ1) is 27.3. The smallest absolute Gasteiger partial charge is 0.407 e. The fourth-order valence-electron chi connectivity index (χ4n) is 3.92. The van der Waals surface area contributed by atoms with Gasteiger partial charge in [0.2, 0.25) is 0 Å². The van der Waals surface area contributed by atoms with Crippen molar-refractivity contribution in [3.63, 3.8) is 0 Å². The van der Waals surface area contributed by atoms with Crippen LogP contribution in [0.2, 0.25) is 0 Å². The van der Waals surface area contributed by atoms with Gasteiger partial charge < -0.3 is 10.1 Å². The van der Waals surface area contributed by atoms with Crippen LogP contribution in [0.4, 0.5) is 4.79 Å². The summed E-state index contributed by atoms with van der Waals surface area (Å²) in [6.07, 6.45) is 21.8. The minimum absolute atomic E-state index is 0.283. The van der Waals surface area contributed by atoms with E-state index >= 15 is 0 Å². The Morgan fingerprint density at radius 2 is 1.29 bits per heavy atom. The number of ether oxygens (including phenoxy) is 1. The zero-order valence-corrected chi connectivity index (χ0v) is 20.9. The average Bonchev–Trinajstić information content (AvgIpc) is 2.72. The van der Waals surface area contributed by atoms with Crippen LogP contribution in [0, 0.1) is 5.92 Å². The lowest BCUT2D eigenvalue weighted by Crippen LogP contribution is -2.30. The second-order valence-corrected chi connectivity index (χ2v) is 9.53. The second-order valence-electron chi connectivity index (χ2n) is 9.53. The van der Waals surface area contributed by atoms with E-state index in [0.717, 1.165) is 38.6 Å². The van der Waals surface area contributed by atoms with Gasteiger partial charge in [0, 0.05) is 6.54 Å². The van der Waals surface area contributed by atoms with Crippen molar-refractivity contribution in [1.29, 1.82) is 0 Å². The first-order valence-corrected chi connectivity index (χ1v) is 12.4. The zero-order valence-electron chi connectivity index (χ0n) is 20.9. The third-order valence-electron chi connectivity index (χ3n) is 6.06. The highest BCUT2D eigenvalue weighted by Crippen LogP contribution is 2.22. The van der Waals surface area contributed by atoms with Crippen molar-refractivity contribution in [2.24, 2.45) is 5.92 Å². The molecule has 1 aliphatic carbocycles. The van der Waals surface area contributed by atoms with Gasteiger partial charge in [0.15, 0.2) is 0 Å². The van der Waals surface area contributed by atoms with E-state index in [4.69, 9.17) is 4.74 Å². The Bertz CT molecular complexity index is 629. The lowest BCUT2D eigenvalue weighted by Gasteiger charge is -2.21. The Balaban J connectivity index is 2.14. The van der Waals surface area contributed by atoms with E-state index in [0.29, 0.717) is 12.5 Å². The molecule has 0 radical (unpaired) electrons. The largest absolute Gasteiger partial charge is 0.445 e. The molecule has 0 heterocycles. The summed E-state index contributed by atoms with van der Waals surface area (Å²) in [5.74, 6) is 0.635. The Labute approximate surface area is 192 Å². The highest BCUT2D eigenvalue weighted by Gasteiger charge is 2.14. The lowest BCUT2D eigenvalue weighted by molar-refractivity contribution is 0.155. The van der Waals surface area contributed by atoms with Gasteiger partial charge in [-0.1, -0.05) is 59.8 Å². The summed E-state index contributed by atoms with van der Waals surface area (Å²) in [5, 5.41) is 2.92. The molecule has 0 unspecified atom stereocenters. The number of hydrogen-bond donors (Lipinski definition) is 1. The molecule has 3 nitrogen and oxygen atoms in total. The highest BCUT2D eigenvalue weighted by molar-refractivity contribution is 5.67. The maximum absolute atomic E-state index is 11.8. The van der Waals surface area contributed by atoms with Gasteiger partial charge in [0.1, 0.15) is 6.61 Å². The van der Waals surface area contributed by atoms with Crippen LogP contribution in [0.15, 0.2) is 46.6 Å².